The van der Waals surface area contributed by atoms with Gasteiger partial charge in [0.25, 0.3) is 0 Å². The number of unbranched alkanes of at least 4 members (excludes halogenated alkanes) is 1. The molecule has 0 aromatic carbocycles. The molecular formula is C22H36O6. The summed E-state index contributed by atoms with van der Waals surface area (Å²) in [6, 6.07) is 0. The summed E-state index contributed by atoms with van der Waals surface area (Å²) in [6.45, 7) is 21.3. The standard InChI is InChI=1S/C11H20O2.C7H10O2.C4H6O2/c1-4-7-8-10(5-2)9-13-11(12)6-3;1-4-5-9-7(8)6(2)3;1-3-6-4(2)5/h6,10H,3-5,7-9H2,1-2H3;4H,1-2,5H2,3H3;3H,1H2,2H3. The van der Waals surface area contributed by atoms with Gasteiger partial charge in [-0.25, -0.2) is 9.59 Å². The first-order valence-electron chi connectivity index (χ1n) is 9.20. The summed E-state index contributed by atoms with van der Waals surface area (Å²) < 4.78 is 13.7. The highest BCUT2D eigenvalue weighted by molar-refractivity contribution is 5.86. The summed E-state index contributed by atoms with van der Waals surface area (Å²) in [5, 5.41) is 0. The highest BCUT2D eigenvalue weighted by Crippen LogP contribution is 2.12. The molecule has 6 nitrogen and oxygen atoms in total. The van der Waals surface area contributed by atoms with Crippen LogP contribution in [0.1, 0.15) is 53.4 Å². The van der Waals surface area contributed by atoms with Crippen molar-refractivity contribution >= 4 is 17.9 Å². The first-order valence-corrected chi connectivity index (χ1v) is 9.20. The quantitative estimate of drug-likeness (QED) is 0.162. The third-order valence-corrected chi connectivity index (χ3v) is 3.10. The van der Waals surface area contributed by atoms with Crippen LogP contribution in [0.2, 0.25) is 0 Å². The average molecular weight is 397 g/mol. The highest BCUT2D eigenvalue weighted by atomic mass is 16.5. The maximum absolute atomic E-state index is 10.8. The smallest absolute Gasteiger partial charge is 0.333 e. The lowest BCUT2D eigenvalue weighted by atomic mass is 10.0. The Labute approximate surface area is 169 Å². The van der Waals surface area contributed by atoms with Crippen LogP contribution in [0, 0.1) is 5.92 Å². The van der Waals surface area contributed by atoms with Gasteiger partial charge in [0, 0.05) is 18.6 Å². The first kappa shape index (κ1) is 30.1. The molecule has 0 aromatic heterocycles. The lowest BCUT2D eigenvalue weighted by molar-refractivity contribution is -0.139. The minimum Gasteiger partial charge on any atom is -0.462 e. The monoisotopic (exact) mass is 396 g/mol. The topological polar surface area (TPSA) is 78.9 Å². The molecule has 1 atom stereocenters. The zero-order valence-electron chi connectivity index (χ0n) is 17.8. The molecule has 0 N–H and O–H groups in total. The second-order valence-corrected chi connectivity index (χ2v) is 5.69. The molecule has 160 valence electrons. The number of rotatable bonds is 11. The van der Waals surface area contributed by atoms with E-state index in [9.17, 15) is 14.4 Å². The molecule has 28 heavy (non-hydrogen) atoms. The third kappa shape index (κ3) is 25.6. The number of carbonyl (C=O) groups is 3. The van der Waals surface area contributed by atoms with E-state index in [0.717, 1.165) is 19.1 Å². The van der Waals surface area contributed by atoms with Crippen LogP contribution in [0.5, 0.6) is 0 Å². The van der Waals surface area contributed by atoms with Gasteiger partial charge < -0.3 is 14.2 Å². The van der Waals surface area contributed by atoms with Crippen LogP contribution < -0.4 is 0 Å². The van der Waals surface area contributed by atoms with Crippen LogP contribution in [-0.2, 0) is 28.6 Å². The Morgan fingerprint density at radius 3 is 1.96 bits per heavy atom. The SMILES string of the molecule is C=CC(=O)OCC(CC)CCCC.C=CCOC(=O)C(=C)C.C=COC(C)=O. The summed E-state index contributed by atoms with van der Waals surface area (Å²) in [4.78, 5) is 31.0. The van der Waals surface area contributed by atoms with Crippen LogP contribution in [0.15, 0.2) is 50.3 Å². The summed E-state index contributed by atoms with van der Waals surface area (Å²) in [7, 11) is 0. The fourth-order valence-electron chi connectivity index (χ4n) is 1.53. The van der Waals surface area contributed by atoms with Gasteiger partial charge in [0.05, 0.1) is 12.9 Å². The van der Waals surface area contributed by atoms with Crippen LogP contribution >= 0.6 is 0 Å². The van der Waals surface area contributed by atoms with Gasteiger partial charge in [-0.1, -0.05) is 65.5 Å². The lowest BCUT2D eigenvalue weighted by Gasteiger charge is -2.13. The molecule has 0 bridgehead atoms. The molecule has 0 heterocycles. The number of esters is 3. The Kier molecular flexibility index (Phi) is 24.1. The van der Waals surface area contributed by atoms with Crippen molar-refractivity contribution in [2.24, 2.45) is 5.92 Å². The van der Waals surface area contributed by atoms with Crippen molar-refractivity contribution in [3.63, 3.8) is 0 Å². The lowest BCUT2D eigenvalue weighted by Crippen LogP contribution is -2.12. The van der Waals surface area contributed by atoms with Gasteiger partial charge in [0.15, 0.2) is 0 Å². The molecule has 0 aliphatic heterocycles. The van der Waals surface area contributed by atoms with Crippen LogP contribution in [0.25, 0.3) is 0 Å². The normalized spacial score (nSPS) is 9.71. The van der Waals surface area contributed by atoms with E-state index in [1.807, 2.05) is 0 Å². The van der Waals surface area contributed by atoms with E-state index in [1.54, 1.807) is 6.92 Å². The average Bonchev–Trinajstić information content (AvgIpc) is 2.66. The molecular weight excluding hydrogens is 360 g/mol. The third-order valence-electron chi connectivity index (χ3n) is 3.10. The Hall–Kier alpha value is -2.63. The highest BCUT2D eigenvalue weighted by Gasteiger charge is 2.07. The molecule has 0 aromatic rings. The van der Waals surface area contributed by atoms with Crippen molar-refractivity contribution in [2.45, 2.75) is 53.4 Å². The van der Waals surface area contributed by atoms with Gasteiger partial charge in [0.1, 0.15) is 6.61 Å². The largest absolute Gasteiger partial charge is 0.462 e. The molecule has 0 aliphatic rings. The van der Waals surface area contributed by atoms with Crippen LogP contribution in [0.4, 0.5) is 0 Å². The van der Waals surface area contributed by atoms with Crippen molar-refractivity contribution < 1.29 is 28.6 Å². The van der Waals surface area contributed by atoms with Gasteiger partial charge in [-0.15, -0.1) is 0 Å². The van der Waals surface area contributed by atoms with Gasteiger partial charge in [-0.3, -0.25) is 4.79 Å². The predicted octanol–water partition coefficient (Wildman–Crippen LogP) is 4.92. The zero-order valence-corrected chi connectivity index (χ0v) is 17.8. The van der Waals surface area contributed by atoms with E-state index in [2.05, 4.69) is 49.6 Å². The second kappa shape index (κ2) is 22.4. The van der Waals surface area contributed by atoms with E-state index in [4.69, 9.17) is 4.74 Å². The van der Waals surface area contributed by atoms with E-state index >= 15 is 0 Å². The molecule has 0 radical (unpaired) electrons. The Bertz CT molecular complexity index is 493. The summed E-state index contributed by atoms with van der Waals surface area (Å²) in [6.07, 6.45) is 8.47. The van der Waals surface area contributed by atoms with Crippen LogP contribution in [-0.4, -0.2) is 31.1 Å². The van der Waals surface area contributed by atoms with Crippen molar-refractivity contribution in [3.8, 4) is 0 Å². The molecule has 0 fully saturated rings. The molecule has 0 rings (SSSR count). The van der Waals surface area contributed by atoms with Gasteiger partial charge >= 0.3 is 17.9 Å². The number of hydrogen-bond acceptors (Lipinski definition) is 6. The molecule has 0 saturated carbocycles. The molecule has 0 aliphatic carbocycles. The maximum atomic E-state index is 10.8. The van der Waals surface area contributed by atoms with Crippen molar-refractivity contribution in [1.82, 2.24) is 0 Å². The predicted molar refractivity (Wildman–Crippen MR) is 112 cm³/mol. The van der Waals surface area contributed by atoms with E-state index < -0.39 is 0 Å². The minimum atomic E-state index is -0.366. The molecule has 1 unspecified atom stereocenters. The number of carbonyl (C=O) groups excluding carboxylic acids is 3. The molecule has 0 spiro atoms. The Balaban J connectivity index is -0.000000362. The minimum absolute atomic E-state index is 0.256. The van der Waals surface area contributed by atoms with Crippen molar-refractivity contribution in [2.75, 3.05) is 13.2 Å². The van der Waals surface area contributed by atoms with Crippen LogP contribution in [0.3, 0.4) is 0 Å². The number of ether oxygens (including phenoxy) is 3. The van der Waals surface area contributed by atoms with E-state index in [-0.39, 0.29) is 24.5 Å². The summed E-state index contributed by atoms with van der Waals surface area (Å²) in [5.41, 5.74) is 0.414. The van der Waals surface area contributed by atoms with Gasteiger partial charge in [0.2, 0.25) is 0 Å². The number of hydrogen-bond donors (Lipinski definition) is 0. The second-order valence-electron chi connectivity index (χ2n) is 5.69. The molecule has 0 saturated heterocycles. The summed E-state index contributed by atoms with van der Waals surface area (Å²) in [5.74, 6) is -0.487. The van der Waals surface area contributed by atoms with Crippen molar-refractivity contribution in [1.29, 1.82) is 0 Å². The Morgan fingerprint density at radius 2 is 1.64 bits per heavy atom. The fraction of sp³-hybridized carbons (Fsp3) is 0.500. The van der Waals surface area contributed by atoms with E-state index in [1.165, 1.54) is 31.9 Å². The van der Waals surface area contributed by atoms with Crippen molar-refractivity contribution in [3.05, 3.63) is 50.3 Å². The zero-order chi connectivity index (χ0) is 22.4. The van der Waals surface area contributed by atoms with E-state index in [0.29, 0.717) is 18.1 Å². The van der Waals surface area contributed by atoms with Gasteiger partial charge in [-0.2, -0.15) is 0 Å². The van der Waals surface area contributed by atoms with Gasteiger partial charge in [-0.05, 0) is 19.3 Å². The molecule has 6 heteroatoms. The molecule has 0 amide bonds. The maximum Gasteiger partial charge on any atom is 0.333 e. The Morgan fingerprint density at radius 1 is 1.04 bits per heavy atom. The fourth-order valence-corrected chi connectivity index (χ4v) is 1.53. The summed E-state index contributed by atoms with van der Waals surface area (Å²) >= 11 is 0. The first-order chi connectivity index (χ1) is 13.2.